The van der Waals surface area contributed by atoms with Gasteiger partial charge in [0.25, 0.3) is 0 Å². The number of benzene rings is 2. The van der Waals surface area contributed by atoms with E-state index in [4.69, 9.17) is 0 Å². The highest BCUT2D eigenvalue weighted by Gasteiger charge is 2.57. The molecule has 0 saturated carbocycles. The van der Waals surface area contributed by atoms with E-state index in [2.05, 4.69) is 15.9 Å². The van der Waals surface area contributed by atoms with E-state index in [0.717, 1.165) is 4.47 Å². The van der Waals surface area contributed by atoms with Crippen LogP contribution in [-0.4, -0.2) is 28.1 Å². The van der Waals surface area contributed by atoms with Gasteiger partial charge in [0.05, 0.1) is 5.92 Å². The maximum absolute atomic E-state index is 12.6. The zero-order valence-electron chi connectivity index (χ0n) is 12.2. The third-order valence-electron chi connectivity index (χ3n) is 4.26. The van der Waals surface area contributed by atoms with Crippen molar-refractivity contribution in [2.75, 3.05) is 0 Å². The Morgan fingerprint density at radius 3 is 1.96 bits per heavy atom. The fourth-order valence-corrected chi connectivity index (χ4v) is 3.10. The first-order chi connectivity index (χ1) is 10.9. The van der Waals surface area contributed by atoms with E-state index in [1.54, 1.807) is 36.4 Å². The summed E-state index contributed by atoms with van der Waals surface area (Å²) in [6, 6.07) is 12.8. The molecule has 4 nitrogen and oxygen atoms in total. The number of rotatable bonds is 3. The molecule has 2 aromatic rings. The Labute approximate surface area is 141 Å². The van der Waals surface area contributed by atoms with Crippen molar-refractivity contribution in [3.8, 4) is 0 Å². The van der Waals surface area contributed by atoms with Crippen LogP contribution >= 0.6 is 15.9 Å². The van der Waals surface area contributed by atoms with Crippen LogP contribution < -0.4 is 0 Å². The van der Waals surface area contributed by atoms with Gasteiger partial charge in [-0.25, -0.2) is 0 Å². The van der Waals surface area contributed by atoms with Crippen molar-refractivity contribution in [3.63, 3.8) is 0 Å². The number of ketones is 3. The van der Waals surface area contributed by atoms with Crippen molar-refractivity contribution in [1.29, 1.82) is 0 Å². The van der Waals surface area contributed by atoms with E-state index in [1.165, 1.54) is 19.1 Å². The Morgan fingerprint density at radius 1 is 1.00 bits per heavy atom. The summed E-state index contributed by atoms with van der Waals surface area (Å²) in [5, 5.41) is 10.8. The van der Waals surface area contributed by atoms with E-state index in [-0.39, 0.29) is 11.1 Å². The summed E-state index contributed by atoms with van der Waals surface area (Å²) in [5.41, 5.74) is -1.68. The molecule has 1 unspecified atom stereocenters. The lowest BCUT2D eigenvalue weighted by atomic mass is 9.79. The molecule has 0 heterocycles. The quantitative estimate of drug-likeness (QED) is 0.663. The first-order valence-electron chi connectivity index (χ1n) is 7.08. The summed E-state index contributed by atoms with van der Waals surface area (Å²) >= 11 is 3.28. The lowest BCUT2D eigenvalue weighted by Gasteiger charge is -2.25. The fourth-order valence-electron chi connectivity index (χ4n) is 2.84. The lowest BCUT2D eigenvalue weighted by Crippen LogP contribution is -2.50. The first-order valence-corrected chi connectivity index (χ1v) is 7.87. The topological polar surface area (TPSA) is 71.4 Å². The number of hydrogen-bond donors (Lipinski definition) is 1. The Kier molecular flexibility index (Phi) is 3.78. The summed E-state index contributed by atoms with van der Waals surface area (Å²) in [6.07, 6.45) is 0. The minimum Gasteiger partial charge on any atom is -0.373 e. The number of carbonyl (C=O) groups is 3. The highest BCUT2D eigenvalue weighted by atomic mass is 79.9. The van der Waals surface area contributed by atoms with Gasteiger partial charge in [0.1, 0.15) is 0 Å². The van der Waals surface area contributed by atoms with E-state index in [1.807, 2.05) is 0 Å². The molecule has 0 amide bonds. The Bertz CT molecular complexity index is 788. The number of aliphatic hydroxyl groups is 1. The molecule has 5 heteroatoms. The van der Waals surface area contributed by atoms with Crippen LogP contribution in [0.4, 0.5) is 0 Å². The predicted molar refractivity (Wildman–Crippen MR) is 87.7 cm³/mol. The van der Waals surface area contributed by atoms with Crippen molar-refractivity contribution in [3.05, 3.63) is 69.7 Å². The SMILES string of the molecule is CC(C(=O)c1ccc(Br)cc1)C1(O)C(=O)c2ccccc2C1=O. The van der Waals surface area contributed by atoms with E-state index in [9.17, 15) is 19.5 Å². The Morgan fingerprint density at radius 2 is 1.48 bits per heavy atom. The highest BCUT2D eigenvalue weighted by molar-refractivity contribution is 9.10. The minimum absolute atomic E-state index is 0.162. The summed E-state index contributed by atoms with van der Waals surface area (Å²) < 4.78 is 0.806. The zero-order chi connectivity index (χ0) is 16.8. The maximum Gasteiger partial charge on any atom is 0.203 e. The molecule has 0 aliphatic heterocycles. The number of hydrogen-bond acceptors (Lipinski definition) is 4. The molecule has 1 atom stereocenters. The monoisotopic (exact) mass is 372 g/mol. The molecule has 2 aromatic carbocycles. The molecule has 0 fully saturated rings. The van der Waals surface area contributed by atoms with E-state index < -0.39 is 28.9 Å². The molecule has 116 valence electrons. The van der Waals surface area contributed by atoms with Gasteiger partial charge in [-0.15, -0.1) is 0 Å². The van der Waals surface area contributed by atoms with Crippen molar-refractivity contribution in [1.82, 2.24) is 0 Å². The second kappa shape index (κ2) is 5.51. The fraction of sp³-hybridized carbons (Fsp3) is 0.167. The smallest absolute Gasteiger partial charge is 0.203 e. The van der Waals surface area contributed by atoms with Crippen molar-refractivity contribution >= 4 is 33.3 Å². The van der Waals surface area contributed by atoms with Gasteiger partial charge in [0.15, 0.2) is 5.78 Å². The van der Waals surface area contributed by atoms with Crippen LogP contribution in [-0.2, 0) is 0 Å². The van der Waals surface area contributed by atoms with Crippen molar-refractivity contribution < 1.29 is 19.5 Å². The molecule has 0 spiro atoms. The standard InChI is InChI=1S/C18H13BrO4/c1-10(15(20)11-6-8-12(19)9-7-11)18(23)16(21)13-4-2-3-5-14(13)17(18)22/h2-10,23H,1H3. The molecule has 1 aliphatic rings. The second-order valence-electron chi connectivity index (χ2n) is 5.56. The zero-order valence-corrected chi connectivity index (χ0v) is 13.8. The maximum atomic E-state index is 12.6. The Balaban J connectivity index is 2.01. The van der Waals surface area contributed by atoms with Crippen LogP contribution in [0.15, 0.2) is 53.0 Å². The van der Waals surface area contributed by atoms with Gasteiger partial charge in [-0.1, -0.05) is 59.3 Å². The highest BCUT2D eigenvalue weighted by Crippen LogP contribution is 2.36. The van der Waals surface area contributed by atoms with Crippen LogP contribution in [0.1, 0.15) is 38.0 Å². The summed E-state index contributed by atoms with van der Waals surface area (Å²) in [4.78, 5) is 37.7. The largest absolute Gasteiger partial charge is 0.373 e. The lowest BCUT2D eigenvalue weighted by molar-refractivity contribution is 0.0132. The molecule has 23 heavy (non-hydrogen) atoms. The minimum atomic E-state index is -2.34. The van der Waals surface area contributed by atoms with Gasteiger partial charge in [0, 0.05) is 21.2 Å². The van der Waals surface area contributed by atoms with Crippen LogP contribution in [0.5, 0.6) is 0 Å². The third kappa shape index (κ3) is 2.28. The average Bonchev–Trinajstić information content (AvgIpc) is 2.77. The molecule has 1 aliphatic carbocycles. The molecule has 0 aromatic heterocycles. The molecular formula is C18H13BrO4. The van der Waals surface area contributed by atoms with Crippen molar-refractivity contribution in [2.45, 2.75) is 12.5 Å². The summed E-state index contributed by atoms with van der Waals surface area (Å²) in [6.45, 7) is 1.41. The number of Topliss-reactive ketones (excluding diaryl/α,β-unsaturated/α-hetero) is 3. The Hall–Kier alpha value is -2.11. The van der Waals surface area contributed by atoms with E-state index in [0.29, 0.717) is 5.56 Å². The van der Waals surface area contributed by atoms with E-state index >= 15 is 0 Å². The molecule has 1 N–H and O–H groups in total. The van der Waals surface area contributed by atoms with Gasteiger partial charge in [-0.05, 0) is 12.1 Å². The second-order valence-corrected chi connectivity index (χ2v) is 6.48. The molecule has 0 bridgehead atoms. The number of halogens is 1. The first kappa shape index (κ1) is 15.8. The summed E-state index contributed by atoms with van der Waals surface area (Å²) in [5.74, 6) is -3.04. The molecule has 0 saturated heterocycles. The van der Waals surface area contributed by atoms with Crippen LogP contribution in [0.2, 0.25) is 0 Å². The van der Waals surface area contributed by atoms with Crippen LogP contribution in [0.25, 0.3) is 0 Å². The van der Waals surface area contributed by atoms with Gasteiger partial charge >= 0.3 is 0 Å². The van der Waals surface area contributed by atoms with Gasteiger partial charge in [-0.2, -0.15) is 0 Å². The molecular weight excluding hydrogens is 360 g/mol. The van der Waals surface area contributed by atoms with Crippen LogP contribution in [0.3, 0.4) is 0 Å². The third-order valence-corrected chi connectivity index (χ3v) is 4.79. The van der Waals surface area contributed by atoms with Gasteiger partial charge in [-0.3, -0.25) is 14.4 Å². The predicted octanol–water partition coefficient (Wildman–Crippen LogP) is 3.08. The van der Waals surface area contributed by atoms with Gasteiger partial charge < -0.3 is 5.11 Å². The molecule has 3 rings (SSSR count). The number of carbonyl (C=O) groups excluding carboxylic acids is 3. The van der Waals surface area contributed by atoms with Crippen molar-refractivity contribution in [2.24, 2.45) is 5.92 Å². The summed E-state index contributed by atoms with van der Waals surface area (Å²) in [7, 11) is 0. The number of fused-ring (bicyclic) bond motifs is 1. The van der Waals surface area contributed by atoms with Crippen LogP contribution in [0, 0.1) is 5.92 Å². The van der Waals surface area contributed by atoms with Gasteiger partial charge in [0.2, 0.25) is 17.2 Å². The molecule has 0 radical (unpaired) electrons. The normalized spacial score (nSPS) is 17.0. The average molecular weight is 373 g/mol.